The van der Waals surface area contributed by atoms with Crippen LogP contribution in [0.3, 0.4) is 0 Å². The van der Waals surface area contributed by atoms with E-state index in [-0.39, 0.29) is 11.5 Å². The van der Waals surface area contributed by atoms with Crippen molar-refractivity contribution in [1.82, 2.24) is 0 Å². The van der Waals surface area contributed by atoms with Crippen LogP contribution in [-0.2, 0) is 0 Å². The SMILES string of the molecule is CC(C)c1cc[c-]c(C(F)F)c1.[Rf]. The minimum Gasteiger partial charge on any atom is -0.207 e. The number of halogens is 2. The molecule has 68 valence electrons. The van der Waals surface area contributed by atoms with Gasteiger partial charge < -0.3 is 0 Å². The summed E-state index contributed by atoms with van der Waals surface area (Å²) in [5.74, 6) is 0.289. The molecular weight excluding hydrogens is 425 g/mol. The van der Waals surface area contributed by atoms with Crippen LogP contribution in [-0.4, -0.2) is 0 Å². The van der Waals surface area contributed by atoms with E-state index in [0.29, 0.717) is 0 Å². The first-order valence-electron chi connectivity index (χ1n) is 3.91. The number of rotatable bonds is 2. The summed E-state index contributed by atoms with van der Waals surface area (Å²) in [4.78, 5) is 0. The van der Waals surface area contributed by atoms with Gasteiger partial charge in [0.2, 0.25) is 6.43 Å². The van der Waals surface area contributed by atoms with E-state index >= 15 is 0 Å². The van der Waals surface area contributed by atoms with Crippen LogP contribution >= 0.6 is 0 Å². The van der Waals surface area contributed by atoms with E-state index in [1.165, 1.54) is 6.07 Å². The molecule has 0 N–H and O–H groups in total. The van der Waals surface area contributed by atoms with Gasteiger partial charge >= 0.3 is 0 Å². The predicted octanol–water partition coefficient (Wildman–Crippen LogP) is 3.55. The van der Waals surface area contributed by atoms with Crippen molar-refractivity contribution in [2.75, 3.05) is 0 Å². The molecule has 1 rings (SSSR count). The molecule has 0 heterocycles. The summed E-state index contributed by atoms with van der Waals surface area (Å²) in [7, 11) is 0. The second-order valence-electron chi connectivity index (χ2n) is 3.03. The topological polar surface area (TPSA) is 0 Å². The Morgan fingerprint density at radius 2 is 1.92 bits per heavy atom. The third-order valence-corrected chi connectivity index (χ3v) is 1.75. The molecule has 0 fully saturated rings. The van der Waals surface area contributed by atoms with Crippen molar-refractivity contribution in [2.45, 2.75) is 26.2 Å². The van der Waals surface area contributed by atoms with Gasteiger partial charge in [-0.25, -0.2) is 8.78 Å². The fourth-order valence-corrected chi connectivity index (χ4v) is 0.989. The molecule has 0 unspecified atom stereocenters. The summed E-state index contributed by atoms with van der Waals surface area (Å²) < 4.78 is 24.4. The molecule has 13 heavy (non-hydrogen) atoms. The standard InChI is InChI=1S/C10H11F2.Rf/c1-7(2)8-4-3-5-9(6-8)10(11)12;/h3-4,6-7,10H,1-2H3;/q-1;. The van der Waals surface area contributed by atoms with Gasteiger partial charge in [0.15, 0.2) is 0 Å². The maximum absolute atomic E-state index is 12.2. The first-order valence-corrected chi connectivity index (χ1v) is 3.91. The molecule has 0 amide bonds. The zero-order valence-electron chi connectivity index (χ0n) is 7.85. The van der Waals surface area contributed by atoms with Gasteiger partial charge in [-0.05, 0) is 5.92 Å². The van der Waals surface area contributed by atoms with Crippen LogP contribution < -0.4 is 0 Å². The third kappa shape index (κ3) is 2.55. The maximum Gasteiger partial charge on any atom is 0.241 e. The Morgan fingerprint density at radius 3 is 2.38 bits per heavy atom. The Labute approximate surface area is 71.2 Å². The van der Waals surface area contributed by atoms with Crippen molar-refractivity contribution in [2.24, 2.45) is 0 Å². The number of benzene rings is 1. The van der Waals surface area contributed by atoms with Crippen LogP contribution in [0.25, 0.3) is 0 Å². The average Bonchev–Trinajstić information content (AvgIpc) is 2.04. The molecule has 0 aliphatic rings. The Hall–Kier alpha value is -1.92. The molecule has 0 nitrogen and oxygen atoms in total. The van der Waals surface area contributed by atoms with Gasteiger partial charge in [0.1, 0.15) is 0 Å². The number of hydrogen-bond donors (Lipinski definition) is 0. The number of alkyl halides is 2. The zero-order valence-corrected chi connectivity index (χ0v) is 14.2. The van der Waals surface area contributed by atoms with Gasteiger partial charge in [0, 0.05) is 0 Å². The molecule has 0 saturated heterocycles. The normalized spacial score (nSPS) is 10.3. The predicted molar refractivity (Wildman–Crippen MR) is 44.3 cm³/mol. The molecular formula is C10H11F2Rf-. The molecule has 0 aliphatic carbocycles. The van der Waals surface area contributed by atoms with Gasteiger partial charge in [-0.2, -0.15) is 29.8 Å². The molecule has 0 spiro atoms. The fourth-order valence-electron chi connectivity index (χ4n) is 0.989. The number of hydrogen-bond acceptors (Lipinski definition) is 0. The Morgan fingerprint density at radius 1 is 1.31 bits per heavy atom. The van der Waals surface area contributed by atoms with Crippen LogP contribution in [0.4, 0.5) is 8.78 Å². The molecule has 0 saturated carbocycles. The van der Waals surface area contributed by atoms with Crippen molar-refractivity contribution in [3.05, 3.63) is 35.4 Å². The van der Waals surface area contributed by atoms with E-state index in [1.54, 1.807) is 6.07 Å². The Bertz CT molecular complexity index is 236. The van der Waals surface area contributed by atoms with E-state index in [0.717, 1.165) is 5.56 Å². The second-order valence-corrected chi connectivity index (χ2v) is 3.03. The summed E-state index contributed by atoms with van der Waals surface area (Å²) in [6, 6.07) is 7.39. The average molecular weight is 436 g/mol. The first-order chi connectivity index (χ1) is 5.61. The van der Waals surface area contributed by atoms with Crippen LogP contribution in [0.2, 0.25) is 0 Å². The van der Waals surface area contributed by atoms with Crippen molar-refractivity contribution < 1.29 is 8.78 Å². The van der Waals surface area contributed by atoms with Crippen molar-refractivity contribution in [3.8, 4) is 0 Å². The molecule has 0 aliphatic heterocycles. The van der Waals surface area contributed by atoms with Crippen LogP contribution in [0.15, 0.2) is 18.2 Å². The van der Waals surface area contributed by atoms with E-state index in [2.05, 4.69) is 6.07 Å². The molecule has 3 heteroatoms. The van der Waals surface area contributed by atoms with Crippen molar-refractivity contribution in [1.29, 1.82) is 0 Å². The monoisotopic (exact) mass is 436 g/mol. The van der Waals surface area contributed by atoms with Gasteiger partial charge in [-0.1, -0.05) is 19.4 Å². The minimum absolute atomic E-state index is 0. The van der Waals surface area contributed by atoms with E-state index < -0.39 is 6.43 Å². The van der Waals surface area contributed by atoms with Crippen molar-refractivity contribution >= 4 is 0 Å². The quantitative estimate of drug-likeness (QED) is 0.623. The Balaban J connectivity index is 0.00000144. The van der Waals surface area contributed by atoms with Crippen LogP contribution in [0.5, 0.6) is 0 Å². The van der Waals surface area contributed by atoms with E-state index in [4.69, 9.17) is 0 Å². The smallest absolute Gasteiger partial charge is 0.207 e. The Kier molecular flexibility index (Phi) is 3.57. The molecule has 1 aromatic rings. The minimum atomic E-state index is -2.41. The summed E-state index contributed by atoms with van der Waals surface area (Å²) in [5, 5.41) is 0. The summed E-state index contributed by atoms with van der Waals surface area (Å²) in [6.07, 6.45) is -2.41. The van der Waals surface area contributed by atoms with E-state index in [9.17, 15) is 8.78 Å². The molecule has 1 aromatic carbocycles. The van der Waals surface area contributed by atoms with E-state index in [1.807, 2.05) is 19.9 Å². The molecule has 0 radical (unpaired) electrons. The zero-order chi connectivity index (χ0) is 9.14. The molecule has 0 atom stereocenters. The van der Waals surface area contributed by atoms with Gasteiger partial charge in [-0.15, -0.1) is 0 Å². The van der Waals surface area contributed by atoms with Gasteiger partial charge in [-0.3, -0.25) is 0 Å². The first kappa shape index (κ1) is 11.1. The van der Waals surface area contributed by atoms with Crippen molar-refractivity contribution in [3.63, 3.8) is 0 Å². The summed E-state index contributed by atoms with van der Waals surface area (Å²) >= 11 is 0. The molecule has 0 aromatic heterocycles. The second kappa shape index (κ2) is 4.19. The summed E-state index contributed by atoms with van der Waals surface area (Å²) in [5.41, 5.74) is 0.922. The van der Waals surface area contributed by atoms with Crippen LogP contribution in [0.1, 0.15) is 37.3 Å². The third-order valence-electron chi connectivity index (χ3n) is 1.75. The maximum atomic E-state index is 12.2. The largest absolute Gasteiger partial charge is 0.241 e. The van der Waals surface area contributed by atoms with Gasteiger partial charge in [0.25, 0.3) is 0 Å². The summed E-state index contributed by atoms with van der Waals surface area (Å²) in [6.45, 7) is 3.95. The fraction of sp³-hybridized carbons (Fsp3) is 0.400. The molecule has 0 bridgehead atoms. The van der Waals surface area contributed by atoms with Crippen LogP contribution in [0, 0.1) is 6.07 Å². The van der Waals surface area contributed by atoms with Gasteiger partial charge in [0.05, 0.1) is 0 Å².